The summed E-state index contributed by atoms with van der Waals surface area (Å²) in [6.45, 7) is 0. The Balaban J connectivity index is 2.26. The minimum Gasteiger partial charge on any atom is -0.506 e. The monoisotopic (exact) mass is 356 g/mol. The van der Waals surface area contributed by atoms with Gasteiger partial charge in [-0.2, -0.15) is 0 Å². The van der Waals surface area contributed by atoms with Crippen molar-refractivity contribution in [3.05, 3.63) is 38.5 Å². The number of phenols is 1. The number of benzene rings is 1. The van der Waals surface area contributed by atoms with Gasteiger partial charge in [-0.3, -0.25) is 0 Å². The van der Waals surface area contributed by atoms with Crippen LogP contribution >= 0.6 is 31.9 Å². The van der Waals surface area contributed by atoms with Crippen LogP contribution in [-0.4, -0.2) is 17.5 Å². The van der Waals surface area contributed by atoms with E-state index < -0.39 is 0 Å². The van der Waals surface area contributed by atoms with E-state index >= 15 is 0 Å². The molecule has 3 nitrogen and oxygen atoms in total. The first-order chi connectivity index (χ1) is 8.16. The van der Waals surface area contributed by atoms with Gasteiger partial charge in [0.1, 0.15) is 11.6 Å². The fourth-order valence-electron chi connectivity index (χ4n) is 1.40. The maximum Gasteiger partial charge on any atom is 0.147 e. The standard InChI is InChI=1S/C12H10Br2N2O/c13-9-5-8(12(17)10(14)6-9)7-16-11-3-1-2-4-15-11/h3-7,17H,1-2H2/b16-7+. The van der Waals surface area contributed by atoms with Crippen LogP contribution in [0.3, 0.4) is 0 Å². The van der Waals surface area contributed by atoms with Gasteiger partial charge in [0.15, 0.2) is 0 Å². The van der Waals surface area contributed by atoms with Gasteiger partial charge in [0, 0.05) is 22.5 Å². The summed E-state index contributed by atoms with van der Waals surface area (Å²) in [5, 5.41) is 9.83. The quantitative estimate of drug-likeness (QED) is 0.797. The van der Waals surface area contributed by atoms with Crippen molar-refractivity contribution < 1.29 is 5.11 Å². The van der Waals surface area contributed by atoms with Crippen LogP contribution in [0.2, 0.25) is 0 Å². The Kier molecular flexibility index (Phi) is 4.12. The second kappa shape index (κ2) is 5.60. The number of aromatic hydroxyl groups is 1. The van der Waals surface area contributed by atoms with E-state index in [2.05, 4.69) is 41.8 Å². The number of rotatable bonds is 2. The summed E-state index contributed by atoms with van der Waals surface area (Å²) >= 11 is 6.64. The Morgan fingerprint density at radius 3 is 2.82 bits per heavy atom. The van der Waals surface area contributed by atoms with Crippen molar-refractivity contribution in [3.63, 3.8) is 0 Å². The summed E-state index contributed by atoms with van der Waals surface area (Å²) in [5.41, 5.74) is 0.646. The van der Waals surface area contributed by atoms with E-state index in [1.165, 1.54) is 0 Å². The Labute approximate surface area is 116 Å². The van der Waals surface area contributed by atoms with Gasteiger partial charge in [0.2, 0.25) is 0 Å². The first kappa shape index (κ1) is 12.5. The van der Waals surface area contributed by atoms with Crippen LogP contribution in [0.4, 0.5) is 0 Å². The largest absolute Gasteiger partial charge is 0.506 e. The molecule has 0 fully saturated rings. The third kappa shape index (κ3) is 3.26. The second-order valence-corrected chi connectivity index (χ2v) is 5.31. The van der Waals surface area contributed by atoms with Crippen LogP contribution in [0.1, 0.15) is 18.4 Å². The lowest BCUT2D eigenvalue weighted by Gasteiger charge is -2.03. The SMILES string of the molecule is Oc1c(Br)cc(Br)cc1/C=N/C1=CCCC=N1. The average Bonchev–Trinajstić information content (AvgIpc) is 2.33. The number of aliphatic imine (C=N–C) groups is 2. The lowest BCUT2D eigenvalue weighted by molar-refractivity contribution is 0.471. The smallest absolute Gasteiger partial charge is 0.147 e. The number of nitrogens with zero attached hydrogens (tertiary/aromatic N) is 2. The molecule has 1 heterocycles. The molecule has 1 N–H and O–H groups in total. The first-order valence-electron chi connectivity index (χ1n) is 5.11. The van der Waals surface area contributed by atoms with Crippen LogP contribution in [0.5, 0.6) is 5.75 Å². The van der Waals surface area contributed by atoms with E-state index in [9.17, 15) is 5.11 Å². The molecule has 2 rings (SSSR count). The molecule has 0 unspecified atom stereocenters. The van der Waals surface area contributed by atoms with Gasteiger partial charge in [-0.15, -0.1) is 0 Å². The zero-order valence-electron chi connectivity index (χ0n) is 8.90. The number of phenolic OH excluding ortho intramolecular Hbond substituents is 1. The molecule has 0 atom stereocenters. The molecule has 1 aromatic carbocycles. The highest BCUT2D eigenvalue weighted by atomic mass is 79.9. The molecule has 0 amide bonds. The highest BCUT2D eigenvalue weighted by Crippen LogP contribution is 2.30. The Morgan fingerprint density at radius 1 is 1.29 bits per heavy atom. The molecule has 88 valence electrons. The molecule has 0 saturated carbocycles. The summed E-state index contributed by atoms with van der Waals surface area (Å²) < 4.78 is 1.51. The van der Waals surface area contributed by atoms with E-state index in [1.807, 2.05) is 12.3 Å². The number of hydrogen-bond donors (Lipinski definition) is 1. The van der Waals surface area contributed by atoms with Gasteiger partial charge in [-0.25, -0.2) is 9.98 Å². The van der Waals surface area contributed by atoms with E-state index in [0.717, 1.165) is 17.3 Å². The van der Waals surface area contributed by atoms with Crippen LogP contribution in [0.15, 0.2) is 43.0 Å². The van der Waals surface area contributed by atoms with E-state index in [1.54, 1.807) is 18.3 Å². The minimum atomic E-state index is 0.178. The number of allylic oxidation sites excluding steroid dienone is 1. The lowest BCUT2D eigenvalue weighted by Crippen LogP contribution is -1.89. The van der Waals surface area contributed by atoms with Crippen LogP contribution in [0.25, 0.3) is 0 Å². The van der Waals surface area contributed by atoms with Crippen molar-refractivity contribution in [2.75, 3.05) is 0 Å². The molecule has 0 spiro atoms. The van der Waals surface area contributed by atoms with E-state index in [0.29, 0.717) is 15.9 Å². The summed E-state index contributed by atoms with van der Waals surface area (Å²) in [6, 6.07) is 3.58. The van der Waals surface area contributed by atoms with E-state index in [-0.39, 0.29) is 5.75 Å². The molecule has 1 aromatic rings. The highest BCUT2D eigenvalue weighted by molar-refractivity contribution is 9.11. The molecule has 0 saturated heterocycles. The maximum absolute atomic E-state index is 9.83. The Hall–Kier alpha value is -0.940. The zero-order valence-corrected chi connectivity index (χ0v) is 12.1. The summed E-state index contributed by atoms with van der Waals surface area (Å²) in [6.07, 6.45) is 7.36. The highest BCUT2D eigenvalue weighted by Gasteiger charge is 2.05. The molecule has 1 aliphatic heterocycles. The van der Waals surface area contributed by atoms with Gasteiger partial charge in [-0.05, 0) is 47.0 Å². The van der Waals surface area contributed by atoms with Crippen molar-refractivity contribution in [2.45, 2.75) is 12.8 Å². The minimum absolute atomic E-state index is 0.178. The third-order valence-electron chi connectivity index (χ3n) is 2.24. The fourth-order valence-corrected chi connectivity index (χ4v) is 2.66. The van der Waals surface area contributed by atoms with Gasteiger partial charge < -0.3 is 5.11 Å². The maximum atomic E-state index is 9.83. The second-order valence-electron chi connectivity index (χ2n) is 3.53. The van der Waals surface area contributed by atoms with Gasteiger partial charge in [-0.1, -0.05) is 15.9 Å². The summed E-state index contributed by atoms with van der Waals surface area (Å²) in [4.78, 5) is 8.39. The van der Waals surface area contributed by atoms with Gasteiger partial charge in [0.05, 0.1) is 4.47 Å². The van der Waals surface area contributed by atoms with Crippen molar-refractivity contribution >= 4 is 44.3 Å². The van der Waals surface area contributed by atoms with E-state index in [4.69, 9.17) is 0 Å². The van der Waals surface area contributed by atoms with Crippen molar-refractivity contribution in [1.82, 2.24) is 0 Å². The molecule has 5 heteroatoms. The predicted octanol–water partition coefficient (Wildman–Crippen LogP) is 4.04. The zero-order chi connectivity index (χ0) is 12.3. The van der Waals surface area contributed by atoms with Gasteiger partial charge in [0.25, 0.3) is 0 Å². The fraction of sp³-hybridized carbons (Fsp3) is 0.167. The Bertz CT molecular complexity index is 521. The number of halogens is 2. The molecular weight excluding hydrogens is 348 g/mol. The molecule has 0 radical (unpaired) electrons. The first-order valence-corrected chi connectivity index (χ1v) is 6.70. The third-order valence-corrected chi connectivity index (χ3v) is 3.30. The molecule has 0 aliphatic carbocycles. The van der Waals surface area contributed by atoms with Crippen molar-refractivity contribution in [3.8, 4) is 5.75 Å². The number of hydrogen-bond acceptors (Lipinski definition) is 3. The van der Waals surface area contributed by atoms with Crippen molar-refractivity contribution in [1.29, 1.82) is 0 Å². The lowest BCUT2D eigenvalue weighted by atomic mass is 10.2. The molecule has 0 bridgehead atoms. The normalized spacial score (nSPS) is 15.3. The molecule has 17 heavy (non-hydrogen) atoms. The van der Waals surface area contributed by atoms with Crippen LogP contribution in [0, 0.1) is 0 Å². The average molecular weight is 358 g/mol. The summed E-state index contributed by atoms with van der Waals surface area (Å²) in [5.74, 6) is 0.865. The van der Waals surface area contributed by atoms with Crippen LogP contribution in [-0.2, 0) is 0 Å². The summed E-state index contributed by atoms with van der Waals surface area (Å²) in [7, 11) is 0. The van der Waals surface area contributed by atoms with Crippen molar-refractivity contribution in [2.24, 2.45) is 9.98 Å². The molecule has 0 aromatic heterocycles. The topological polar surface area (TPSA) is 45.0 Å². The van der Waals surface area contributed by atoms with Crippen LogP contribution < -0.4 is 0 Å². The molecular formula is C12H10Br2N2O. The van der Waals surface area contributed by atoms with Gasteiger partial charge >= 0.3 is 0 Å². The Morgan fingerprint density at radius 2 is 2.12 bits per heavy atom. The molecule has 1 aliphatic rings. The predicted molar refractivity (Wildman–Crippen MR) is 76.9 cm³/mol.